The molecule has 152 valence electrons. The van der Waals surface area contributed by atoms with E-state index in [9.17, 15) is 9.59 Å². The molecule has 0 atom stereocenters. The predicted molar refractivity (Wildman–Crippen MR) is 105 cm³/mol. The molecule has 0 N–H and O–H groups in total. The molecule has 3 heterocycles. The van der Waals surface area contributed by atoms with Crippen molar-refractivity contribution in [3.05, 3.63) is 47.8 Å². The maximum Gasteiger partial charge on any atom is 0.289 e. The summed E-state index contributed by atoms with van der Waals surface area (Å²) >= 11 is 0. The smallest absolute Gasteiger partial charge is 0.289 e. The molecule has 0 unspecified atom stereocenters. The third-order valence-electron chi connectivity index (χ3n) is 5.11. The van der Waals surface area contributed by atoms with Crippen LogP contribution < -0.4 is 0 Å². The van der Waals surface area contributed by atoms with Crippen LogP contribution in [0, 0.1) is 0 Å². The number of carbonyl (C=O) groups is 2. The first-order valence-corrected chi connectivity index (χ1v) is 9.89. The number of furan rings is 1. The first-order chi connectivity index (χ1) is 14.0. The van der Waals surface area contributed by atoms with Crippen molar-refractivity contribution in [2.75, 3.05) is 26.2 Å². The number of benzene rings is 1. The Morgan fingerprint density at radius 3 is 2.52 bits per heavy atom. The summed E-state index contributed by atoms with van der Waals surface area (Å²) < 4.78 is 10.9. The summed E-state index contributed by atoms with van der Waals surface area (Å²) in [5, 5.41) is 4.82. The summed E-state index contributed by atoms with van der Waals surface area (Å²) in [5.74, 6) is 1.57. The topological polar surface area (TPSA) is 92.7 Å². The molecule has 8 nitrogen and oxygen atoms in total. The minimum absolute atomic E-state index is 0.0325. The Hall–Kier alpha value is -3.16. The van der Waals surface area contributed by atoms with E-state index in [0.29, 0.717) is 62.1 Å². The van der Waals surface area contributed by atoms with Crippen LogP contribution in [0.1, 0.15) is 48.5 Å². The number of amides is 2. The molecule has 0 saturated carbocycles. The average Bonchev–Trinajstić information content (AvgIpc) is 3.38. The number of hydrogen-bond acceptors (Lipinski definition) is 6. The Kier molecular flexibility index (Phi) is 5.33. The normalized spacial score (nSPS) is 14.7. The predicted octanol–water partition coefficient (Wildman–Crippen LogP) is 2.86. The first-order valence-electron chi connectivity index (χ1n) is 9.89. The van der Waals surface area contributed by atoms with Crippen LogP contribution in [-0.4, -0.2) is 57.9 Å². The van der Waals surface area contributed by atoms with Gasteiger partial charge in [0.15, 0.2) is 11.6 Å². The van der Waals surface area contributed by atoms with Crippen molar-refractivity contribution < 1.29 is 18.5 Å². The highest BCUT2D eigenvalue weighted by Gasteiger charge is 2.26. The van der Waals surface area contributed by atoms with E-state index in [1.54, 1.807) is 15.9 Å². The molecule has 1 aliphatic heterocycles. The quantitative estimate of drug-likeness (QED) is 0.658. The van der Waals surface area contributed by atoms with Crippen LogP contribution in [0.15, 0.2) is 39.3 Å². The van der Waals surface area contributed by atoms with Gasteiger partial charge in [0.1, 0.15) is 5.58 Å². The number of nitrogens with zero attached hydrogens (tertiary/aromatic N) is 4. The highest BCUT2D eigenvalue weighted by atomic mass is 16.5. The summed E-state index contributed by atoms with van der Waals surface area (Å²) in [4.78, 5) is 33.0. The third-order valence-corrected chi connectivity index (χ3v) is 5.11. The molecule has 2 amide bonds. The zero-order valence-electron chi connectivity index (χ0n) is 16.6. The minimum Gasteiger partial charge on any atom is -0.451 e. The van der Waals surface area contributed by atoms with Crippen LogP contribution in [0.4, 0.5) is 0 Å². The summed E-state index contributed by atoms with van der Waals surface area (Å²) in [6, 6.07) is 9.32. The van der Waals surface area contributed by atoms with E-state index in [1.165, 1.54) is 0 Å². The lowest BCUT2D eigenvalue weighted by Crippen LogP contribution is -2.50. The number of aryl methyl sites for hydroxylation is 1. The third kappa shape index (κ3) is 4.16. The van der Waals surface area contributed by atoms with Gasteiger partial charge in [0.25, 0.3) is 5.91 Å². The van der Waals surface area contributed by atoms with E-state index in [1.807, 2.05) is 38.1 Å². The highest BCUT2D eigenvalue weighted by Crippen LogP contribution is 2.21. The maximum atomic E-state index is 12.7. The summed E-state index contributed by atoms with van der Waals surface area (Å²) in [6.07, 6.45) is 0.744. The first kappa shape index (κ1) is 19.2. The fourth-order valence-corrected chi connectivity index (χ4v) is 3.38. The fraction of sp³-hybridized carbons (Fsp3) is 0.429. The number of para-hydroxylation sites is 1. The molecule has 2 aromatic heterocycles. The monoisotopic (exact) mass is 396 g/mol. The van der Waals surface area contributed by atoms with E-state index in [2.05, 4.69) is 10.1 Å². The Morgan fingerprint density at radius 2 is 1.83 bits per heavy atom. The van der Waals surface area contributed by atoms with Crippen molar-refractivity contribution in [2.24, 2.45) is 0 Å². The second kappa shape index (κ2) is 8.06. The summed E-state index contributed by atoms with van der Waals surface area (Å²) in [7, 11) is 0. The molecule has 4 rings (SSSR count). The Labute approximate surface area is 168 Å². The van der Waals surface area contributed by atoms with Gasteiger partial charge in [0.05, 0.1) is 0 Å². The Bertz CT molecular complexity index is 982. The molecular formula is C21H24N4O4. The van der Waals surface area contributed by atoms with Crippen LogP contribution in [-0.2, 0) is 11.2 Å². The van der Waals surface area contributed by atoms with Gasteiger partial charge < -0.3 is 18.7 Å². The molecule has 8 heteroatoms. The second-order valence-electron chi connectivity index (χ2n) is 7.52. The van der Waals surface area contributed by atoms with E-state index < -0.39 is 0 Å². The number of hydrogen-bond donors (Lipinski definition) is 0. The maximum absolute atomic E-state index is 12.7. The van der Waals surface area contributed by atoms with Gasteiger partial charge >= 0.3 is 0 Å². The Balaban J connectivity index is 1.29. The number of aromatic nitrogens is 2. The average molecular weight is 396 g/mol. The van der Waals surface area contributed by atoms with Gasteiger partial charge in [-0.3, -0.25) is 9.59 Å². The summed E-state index contributed by atoms with van der Waals surface area (Å²) in [6.45, 7) is 5.97. The molecule has 0 aliphatic carbocycles. The van der Waals surface area contributed by atoms with Crippen LogP contribution in [0.2, 0.25) is 0 Å². The molecule has 1 fully saturated rings. The van der Waals surface area contributed by atoms with E-state index in [-0.39, 0.29) is 17.7 Å². The van der Waals surface area contributed by atoms with E-state index >= 15 is 0 Å². The van der Waals surface area contributed by atoms with Crippen LogP contribution in [0.25, 0.3) is 11.0 Å². The lowest BCUT2D eigenvalue weighted by molar-refractivity contribution is -0.132. The van der Waals surface area contributed by atoms with Crippen molar-refractivity contribution in [1.29, 1.82) is 0 Å². The van der Waals surface area contributed by atoms with E-state index in [4.69, 9.17) is 8.94 Å². The van der Waals surface area contributed by atoms with Crippen LogP contribution in [0.5, 0.6) is 0 Å². The number of carbonyl (C=O) groups excluding carboxylic acids is 2. The Morgan fingerprint density at radius 1 is 1.10 bits per heavy atom. The fourth-order valence-electron chi connectivity index (χ4n) is 3.38. The zero-order chi connectivity index (χ0) is 20.4. The molecular weight excluding hydrogens is 372 g/mol. The van der Waals surface area contributed by atoms with Gasteiger partial charge in [-0.15, -0.1) is 0 Å². The van der Waals surface area contributed by atoms with Crippen molar-refractivity contribution in [3.8, 4) is 0 Å². The molecule has 0 radical (unpaired) electrons. The van der Waals surface area contributed by atoms with Gasteiger partial charge in [-0.2, -0.15) is 4.98 Å². The molecule has 29 heavy (non-hydrogen) atoms. The molecule has 0 bridgehead atoms. The number of piperazine rings is 1. The van der Waals surface area contributed by atoms with Gasteiger partial charge in [0, 0.05) is 50.3 Å². The zero-order valence-corrected chi connectivity index (χ0v) is 16.6. The molecule has 1 aliphatic rings. The summed E-state index contributed by atoms with van der Waals surface area (Å²) in [5.41, 5.74) is 0.700. The SMILES string of the molecule is CC(C)c1noc(CCC(=O)N2CCN(C(=O)c3cc4ccccc4o3)CC2)n1. The van der Waals surface area contributed by atoms with Crippen LogP contribution in [0.3, 0.4) is 0 Å². The van der Waals surface area contributed by atoms with Gasteiger partial charge in [-0.1, -0.05) is 37.2 Å². The molecule has 3 aromatic rings. The van der Waals surface area contributed by atoms with Crippen molar-refractivity contribution in [1.82, 2.24) is 19.9 Å². The largest absolute Gasteiger partial charge is 0.451 e. The van der Waals surface area contributed by atoms with Crippen molar-refractivity contribution in [2.45, 2.75) is 32.6 Å². The standard InChI is InChI=1S/C21H24N4O4/c1-14(2)20-22-18(29-23-20)7-8-19(26)24-9-11-25(12-10-24)21(27)17-13-15-5-3-4-6-16(15)28-17/h3-6,13-14H,7-12H2,1-2H3. The van der Waals surface area contributed by atoms with Crippen molar-refractivity contribution >= 4 is 22.8 Å². The molecule has 0 spiro atoms. The minimum atomic E-state index is -0.139. The van der Waals surface area contributed by atoms with E-state index in [0.717, 1.165) is 5.39 Å². The lowest BCUT2D eigenvalue weighted by atomic mass is 10.2. The van der Waals surface area contributed by atoms with Crippen molar-refractivity contribution in [3.63, 3.8) is 0 Å². The molecule has 1 aromatic carbocycles. The van der Waals surface area contributed by atoms with Gasteiger partial charge in [-0.25, -0.2) is 0 Å². The lowest BCUT2D eigenvalue weighted by Gasteiger charge is -2.34. The van der Waals surface area contributed by atoms with Gasteiger partial charge in [-0.05, 0) is 12.1 Å². The van der Waals surface area contributed by atoms with Crippen LogP contribution >= 0.6 is 0 Å². The second-order valence-corrected chi connectivity index (χ2v) is 7.52. The number of rotatable bonds is 5. The highest BCUT2D eigenvalue weighted by molar-refractivity contribution is 5.96. The van der Waals surface area contributed by atoms with Gasteiger partial charge in [0.2, 0.25) is 11.8 Å². The molecule has 1 saturated heterocycles. The number of fused-ring (bicyclic) bond motifs is 1.